The average molecular weight is 160 g/mol. The van der Waals surface area contributed by atoms with Crippen molar-refractivity contribution in [2.45, 2.75) is 52.7 Å². The van der Waals surface area contributed by atoms with Crippen molar-refractivity contribution in [2.75, 3.05) is 0 Å². The molecule has 0 saturated carbocycles. The van der Waals surface area contributed by atoms with Crippen LogP contribution in [0.25, 0.3) is 0 Å². The zero-order valence-electron chi connectivity index (χ0n) is 7.96. The Kier molecular flexibility index (Phi) is 4.04. The van der Waals surface area contributed by atoms with Crippen LogP contribution in [0.1, 0.15) is 40.5 Å². The Bertz CT molecular complexity index is 108. The van der Waals surface area contributed by atoms with Crippen molar-refractivity contribution in [3.8, 4) is 0 Å². The highest BCUT2D eigenvalue weighted by atomic mass is 16.3. The van der Waals surface area contributed by atoms with Gasteiger partial charge in [0.25, 0.3) is 0 Å². The molecule has 0 rings (SSSR count). The molecule has 0 aliphatic carbocycles. The number of aliphatic hydroxyl groups is 2. The standard InChI is InChI=1S/C9H20O2/c1-5-8(11)6-9(3,4)7(2)10/h7-8,10-11H,5-6H2,1-4H3. The number of hydrogen-bond donors (Lipinski definition) is 2. The van der Waals surface area contributed by atoms with E-state index in [9.17, 15) is 10.2 Å². The second-order valence-corrected chi connectivity index (χ2v) is 3.93. The van der Waals surface area contributed by atoms with Gasteiger partial charge in [0, 0.05) is 0 Å². The highest BCUT2D eigenvalue weighted by molar-refractivity contribution is 4.77. The smallest absolute Gasteiger partial charge is 0.0563 e. The van der Waals surface area contributed by atoms with Gasteiger partial charge in [0.05, 0.1) is 12.2 Å². The lowest BCUT2D eigenvalue weighted by atomic mass is 9.81. The summed E-state index contributed by atoms with van der Waals surface area (Å²) in [5, 5.41) is 18.6. The molecular formula is C9H20O2. The summed E-state index contributed by atoms with van der Waals surface area (Å²) in [6.07, 6.45) is 0.792. The van der Waals surface area contributed by atoms with Crippen molar-refractivity contribution < 1.29 is 10.2 Å². The van der Waals surface area contributed by atoms with Crippen molar-refractivity contribution in [3.05, 3.63) is 0 Å². The van der Waals surface area contributed by atoms with E-state index in [-0.39, 0.29) is 17.6 Å². The summed E-state index contributed by atoms with van der Waals surface area (Å²) >= 11 is 0. The molecule has 68 valence electrons. The second-order valence-electron chi connectivity index (χ2n) is 3.93. The zero-order valence-corrected chi connectivity index (χ0v) is 7.96. The van der Waals surface area contributed by atoms with Gasteiger partial charge in [-0.05, 0) is 25.2 Å². The van der Waals surface area contributed by atoms with E-state index in [0.29, 0.717) is 6.42 Å². The van der Waals surface area contributed by atoms with Crippen LogP contribution in [0.4, 0.5) is 0 Å². The largest absolute Gasteiger partial charge is 0.393 e. The van der Waals surface area contributed by atoms with E-state index in [1.54, 1.807) is 6.92 Å². The highest BCUT2D eigenvalue weighted by Gasteiger charge is 2.26. The van der Waals surface area contributed by atoms with Crippen molar-refractivity contribution in [1.82, 2.24) is 0 Å². The maximum Gasteiger partial charge on any atom is 0.0563 e. The molecule has 2 nitrogen and oxygen atoms in total. The molecule has 0 aromatic heterocycles. The van der Waals surface area contributed by atoms with Crippen LogP contribution in [0.2, 0.25) is 0 Å². The van der Waals surface area contributed by atoms with Crippen LogP contribution in [0.5, 0.6) is 0 Å². The van der Waals surface area contributed by atoms with Crippen molar-refractivity contribution in [1.29, 1.82) is 0 Å². The van der Waals surface area contributed by atoms with Gasteiger partial charge < -0.3 is 10.2 Å². The second kappa shape index (κ2) is 4.07. The van der Waals surface area contributed by atoms with Crippen LogP contribution in [0, 0.1) is 5.41 Å². The van der Waals surface area contributed by atoms with E-state index in [1.807, 2.05) is 20.8 Å². The van der Waals surface area contributed by atoms with Crippen LogP contribution in [-0.4, -0.2) is 22.4 Å². The van der Waals surface area contributed by atoms with Gasteiger partial charge in [0.15, 0.2) is 0 Å². The third-order valence-corrected chi connectivity index (χ3v) is 2.36. The number of rotatable bonds is 4. The van der Waals surface area contributed by atoms with Gasteiger partial charge in [0.2, 0.25) is 0 Å². The van der Waals surface area contributed by atoms with Crippen LogP contribution in [-0.2, 0) is 0 Å². The van der Waals surface area contributed by atoms with E-state index < -0.39 is 0 Å². The Morgan fingerprint density at radius 2 is 1.73 bits per heavy atom. The van der Waals surface area contributed by atoms with Crippen molar-refractivity contribution in [3.63, 3.8) is 0 Å². The molecule has 11 heavy (non-hydrogen) atoms. The van der Waals surface area contributed by atoms with Crippen LogP contribution in [0.3, 0.4) is 0 Å². The fourth-order valence-electron chi connectivity index (χ4n) is 0.922. The molecule has 0 saturated heterocycles. The Balaban J connectivity index is 3.90. The molecule has 2 atom stereocenters. The summed E-state index contributed by atoms with van der Waals surface area (Å²) in [5.74, 6) is 0. The van der Waals surface area contributed by atoms with Gasteiger partial charge >= 0.3 is 0 Å². The number of hydrogen-bond acceptors (Lipinski definition) is 2. The first-order valence-corrected chi connectivity index (χ1v) is 4.26. The van der Waals surface area contributed by atoms with Crippen LogP contribution in [0.15, 0.2) is 0 Å². The Labute approximate surface area is 69.2 Å². The minimum absolute atomic E-state index is 0.171. The first-order valence-electron chi connectivity index (χ1n) is 4.26. The molecule has 2 N–H and O–H groups in total. The molecule has 0 aromatic carbocycles. The normalized spacial score (nSPS) is 18.0. The van der Waals surface area contributed by atoms with E-state index in [4.69, 9.17) is 0 Å². The molecule has 0 spiro atoms. The molecule has 0 aliphatic heterocycles. The minimum Gasteiger partial charge on any atom is -0.393 e. The summed E-state index contributed by atoms with van der Waals surface area (Å²) < 4.78 is 0. The summed E-state index contributed by atoms with van der Waals surface area (Å²) in [7, 11) is 0. The van der Waals surface area contributed by atoms with Gasteiger partial charge in [-0.3, -0.25) is 0 Å². The van der Waals surface area contributed by atoms with Gasteiger partial charge in [-0.1, -0.05) is 20.8 Å². The quantitative estimate of drug-likeness (QED) is 0.655. The molecule has 0 bridgehead atoms. The molecule has 0 radical (unpaired) electrons. The van der Waals surface area contributed by atoms with Gasteiger partial charge in [-0.15, -0.1) is 0 Å². The number of aliphatic hydroxyl groups excluding tert-OH is 2. The summed E-state index contributed by atoms with van der Waals surface area (Å²) in [6.45, 7) is 7.65. The zero-order chi connectivity index (χ0) is 9.07. The van der Waals surface area contributed by atoms with Crippen molar-refractivity contribution >= 4 is 0 Å². The molecule has 2 unspecified atom stereocenters. The van der Waals surface area contributed by atoms with E-state index in [1.165, 1.54) is 0 Å². The van der Waals surface area contributed by atoms with E-state index in [0.717, 1.165) is 6.42 Å². The maximum absolute atomic E-state index is 9.33. The Morgan fingerprint density at radius 3 is 2.00 bits per heavy atom. The first-order chi connectivity index (χ1) is 4.90. The van der Waals surface area contributed by atoms with Gasteiger partial charge in [-0.2, -0.15) is 0 Å². The molecule has 0 aliphatic rings. The van der Waals surface area contributed by atoms with Crippen LogP contribution < -0.4 is 0 Å². The molecule has 0 heterocycles. The first kappa shape index (κ1) is 10.9. The third-order valence-electron chi connectivity index (χ3n) is 2.36. The fraction of sp³-hybridized carbons (Fsp3) is 1.00. The average Bonchev–Trinajstić information content (AvgIpc) is 1.86. The lowest BCUT2D eigenvalue weighted by Gasteiger charge is -2.29. The summed E-state index contributed by atoms with van der Waals surface area (Å²) in [5.41, 5.74) is -0.171. The van der Waals surface area contributed by atoms with Crippen LogP contribution >= 0.6 is 0 Å². The molecule has 0 fully saturated rings. The third kappa shape index (κ3) is 3.73. The van der Waals surface area contributed by atoms with E-state index in [2.05, 4.69) is 0 Å². The van der Waals surface area contributed by atoms with Crippen molar-refractivity contribution in [2.24, 2.45) is 5.41 Å². The summed E-state index contributed by atoms with van der Waals surface area (Å²) in [6, 6.07) is 0. The molecule has 2 heteroatoms. The summed E-state index contributed by atoms with van der Waals surface area (Å²) in [4.78, 5) is 0. The fourth-order valence-corrected chi connectivity index (χ4v) is 0.922. The Morgan fingerprint density at radius 1 is 1.27 bits per heavy atom. The van der Waals surface area contributed by atoms with E-state index >= 15 is 0 Å². The SMILES string of the molecule is CCC(O)CC(C)(C)C(C)O. The molecule has 0 amide bonds. The highest BCUT2D eigenvalue weighted by Crippen LogP contribution is 2.27. The lowest BCUT2D eigenvalue weighted by molar-refractivity contribution is 0.0185. The molecular weight excluding hydrogens is 140 g/mol. The monoisotopic (exact) mass is 160 g/mol. The topological polar surface area (TPSA) is 40.5 Å². The Hall–Kier alpha value is -0.0800. The predicted molar refractivity (Wildman–Crippen MR) is 46.4 cm³/mol. The lowest BCUT2D eigenvalue weighted by Crippen LogP contribution is -2.30. The molecule has 0 aromatic rings. The van der Waals surface area contributed by atoms with Gasteiger partial charge in [-0.25, -0.2) is 0 Å². The maximum atomic E-state index is 9.33. The van der Waals surface area contributed by atoms with Gasteiger partial charge in [0.1, 0.15) is 0 Å². The minimum atomic E-state index is -0.358. The predicted octanol–water partition coefficient (Wildman–Crippen LogP) is 1.55.